The molecule has 0 amide bonds. The SMILES string of the molecule is CCN(Cc1ccccc1)c1ccc(/C=N\Nc2ccccc2[N+](=O)[O-])cc1. The van der Waals surface area contributed by atoms with Gasteiger partial charge in [0.05, 0.1) is 11.1 Å². The van der Waals surface area contributed by atoms with E-state index in [9.17, 15) is 10.1 Å². The van der Waals surface area contributed by atoms with Gasteiger partial charge in [0.2, 0.25) is 0 Å². The number of anilines is 2. The van der Waals surface area contributed by atoms with Gasteiger partial charge in [0.1, 0.15) is 5.69 Å². The molecule has 0 fully saturated rings. The van der Waals surface area contributed by atoms with E-state index in [0.717, 1.165) is 24.3 Å². The first-order chi connectivity index (χ1) is 13.7. The number of benzene rings is 3. The summed E-state index contributed by atoms with van der Waals surface area (Å²) in [5.41, 5.74) is 6.41. The molecule has 142 valence electrons. The maximum absolute atomic E-state index is 11.0. The molecule has 0 saturated carbocycles. The molecule has 3 rings (SSSR count). The predicted molar refractivity (Wildman–Crippen MR) is 114 cm³/mol. The summed E-state index contributed by atoms with van der Waals surface area (Å²) in [4.78, 5) is 12.9. The van der Waals surface area contributed by atoms with Gasteiger partial charge in [-0.2, -0.15) is 5.10 Å². The van der Waals surface area contributed by atoms with Gasteiger partial charge in [-0.25, -0.2) is 0 Å². The summed E-state index contributed by atoms with van der Waals surface area (Å²) >= 11 is 0. The molecule has 0 radical (unpaired) electrons. The Hall–Kier alpha value is -3.67. The van der Waals surface area contributed by atoms with E-state index >= 15 is 0 Å². The zero-order valence-corrected chi connectivity index (χ0v) is 15.7. The van der Waals surface area contributed by atoms with Crippen molar-refractivity contribution in [2.24, 2.45) is 5.10 Å². The molecule has 0 bridgehead atoms. The maximum Gasteiger partial charge on any atom is 0.294 e. The van der Waals surface area contributed by atoms with Gasteiger partial charge in [-0.15, -0.1) is 0 Å². The zero-order valence-electron chi connectivity index (χ0n) is 15.7. The van der Waals surface area contributed by atoms with E-state index in [-0.39, 0.29) is 5.69 Å². The van der Waals surface area contributed by atoms with Crippen molar-refractivity contribution in [3.8, 4) is 0 Å². The highest BCUT2D eigenvalue weighted by Gasteiger charge is 2.11. The van der Waals surface area contributed by atoms with Crippen molar-refractivity contribution >= 4 is 23.3 Å². The van der Waals surface area contributed by atoms with Gasteiger partial charge in [-0.3, -0.25) is 15.5 Å². The largest absolute Gasteiger partial charge is 0.367 e. The Bertz CT molecular complexity index is 940. The molecule has 28 heavy (non-hydrogen) atoms. The molecule has 3 aromatic rings. The van der Waals surface area contributed by atoms with Gasteiger partial charge in [0.25, 0.3) is 5.69 Å². The van der Waals surface area contributed by atoms with Gasteiger partial charge >= 0.3 is 0 Å². The molecule has 0 aliphatic carbocycles. The predicted octanol–water partition coefficient (Wildman–Crippen LogP) is 5.07. The number of hydrogen-bond acceptors (Lipinski definition) is 5. The van der Waals surface area contributed by atoms with Gasteiger partial charge in [0, 0.05) is 24.8 Å². The fourth-order valence-electron chi connectivity index (χ4n) is 2.86. The Morgan fingerprint density at radius 1 is 1.00 bits per heavy atom. The minimum absolute atomic E-state index is 0.00509. The number of rotatable bonds is 8. The number of nitro groups is 1. The van der Waals surface area contributed by atoms with Crippen LogP contribution in [0.3, 0.4) is 0 Å². The van der Waals surface area contributed by atoms with Gasteiger partial charge in [-0.1, -0.05) is 54.6 Å². The minimum Gasteiger partial charge on any atom is -0.367 e. The Kier molecular flexibility index (Phi) is 6.36. The molecule has 3 aromatic carbocycles. The van der Waals surface area contributed by atoms with E-state index in [1.165, 1.54) is 11.6 Å². The van der Waals surface area contributed by atoms with Crippen LogP contribution in [0.25, 0.3) is 0 Å². The first-order valence-corrected chi connectivity index (χ1v) is 9.09. The van der Waals surface area contributed by atoms with Crippen LogP contribution in [0, 0.1) is 10.1 Å². The summed E-state index contributed by atoms with van der Waals surface area (Å²) in [5.74, 6) is 0. The van der Waals surface area contributed by atoms with E-state index in [1.807, 2.05) is 30.3 Å². The summed E-state index contributed by atoms with van der Waals surface area (Å²) < 4.78 is 0. The fraction of sp³-hybridized carbons (Fsp3) is 0.136. The average Bonchev–Trinajstić information content (AvgIpc) is 2.73. The lowest BCUT2D eigenvalue weighted by molar-refractivity contribution is -0.384. The number of hydrazone groups is 1. The summed E-state index contributed by atoms with van der Waals surface area (Å²) in [5, 5.41) is 15.1. The monoisotopic (exact) mass is 374 g/mol. The zero-order chi connectivity index (χ0) is 19.8. The smallest absolute Gasteiger partial charge is 0.294 e. The second kappa shape index (κ2) is 9.32. The van der Waals surface area contributed by atoms with Crippen LogP contribution in [0.15, 0.2) is 84.0 Å². The standard InChI is InChI=1S/C22H22N4O2/c1-2-25(17-19-8-4-3-5-9-19)20-14-12-18(13-15-20)16-23-24-21-10-6-7-11-22(21)26(27)28/h3-16,24H,2,17H2,1H3/b23-16-. The number of nitrogens with zero attached hydrogens (tertiary/aromatic N) is 3. The Morgan fingerprint density at radius 2 is 1.68 bits per heavy atom. The molecule has 0 heterocycles. The van der Waals surface area contributed by atoms with Crippen LogP contribution in [0.4, 0.5) is 17.1 Å². The number of nitrogens with one attached hydrogen (secondary N) is 1. The highest BCUT2D eigenvalue weighted by molar-refractivity contribution is 5.81. The van der Waals surface area contributed by atoms with E-state index in [4.69, 9.17) is 0 Å². The molecule has 1 N–H and O–H groups in total. The third kappa shape index (κ3) is 4.94. The average molecular weight is 374 g/mol. The molecule has 6 nitrogen and oxygen atoms in total. The van der Waals surface area contributed by atoms with Gasteiger partial charge in [-0.05, 0) is 36.2 Å². The molecule has 0 atom stereocenters. The first kappa shape index (κ1) is 19.1. The fourth-order valence-corrected chi connectivity index (χ4v) is 2.86. The number of hydrogen-bond donors (Lipinski definition) is 1. The normalized spacial score (nSPS) is 10.8. The third-order valence-electron chi connectivity index (χ3n) is 4.36. The van der Waals surface area contributed by atoms with Crippen LogP contribution < -0.4 is 10.3 Å². The van der Waals surface area contributed by atoms with Crippen LogP contribution in [0.2, 0.25) is 0 Å². The summed E-state index contributed by atoms with van der Waals surface area (Å²) in [6.45, 7) is 3.89. The lowest BCUT2D eigenvalue weighted by Gasteiger charge is -2.23. The van der Waals surface area contributed by atoms with E-state index in [2.05, 4.69) is 46.6 Å². The topological polar surface area (TPSA) is 70.8 Å². The van der Waals surface area contributed by atoms with Crippen molar-refractivity contribution in [3.05, 3.63) is 100 Å². The molecular formula is C22H22N4O2. The molecule has 0 aliphatic rings. The second-order valence-corrected chi connectivity index (χ2v) is 6.24. The lowest BCUT2D eigenvalue weighted by Crippen LogP contribution is -2.21. The Balaban J connectivity index is 1.65. The van der Waals surface area contributed by atoms with E-state index in [0.29, 0.717) is 5.69 Å². The van der Waals surface area contributed by atoms with Gasteiger partial charge < -0.3 is 4.90 Å². The second-order valence-electron chi connectivity index (χ2n) is 6.24. The summed E-state index contributed by atoms with van der Waals surface area (Å²) in [6, 6.07) is 24.9. The van der Waals surface area contributed by atoms with Crippen LogP contribution >= 0.6 is 0 Å². The van der Waals surface area contributed by atoms with Crippen molar-refractivity contribution in [2.75, 3.05) is 16.9 Å². The Labute approximate surface area is 164 Å². The third-order valence-corrected chi connectivity index (χ3v) is 4.36. The van der Waals surface area contributed by atoms with Crippen LogP contribution in [-0.2, 0) is 6.54 Å². The Morgan fingerprint density at radius 3 is 2.36 bits per heavy atom. The highest BCUT2D eigenvalue weighted by atomic mass is 16.6. The van der Waals surface area contributed by atoms with Crippen molar-refractivity contribution in [1.29, 1.82) is 0 Å². The van der Waals surface area contributed by atoms with E-state index in [1.54, 1.807) is 24.4 Å². The van der Waals surface area contributed by atoms with Crippen LogP contribution in [0.5, 0.6) is 0 Å². The molecule has 0 aromatic heterocycles. The van der Waals surface area contributed by atoms with E-state index < -0.39 is 4.92 Å². The number of nitro benzene ring substituents is 1. The highest BCUT2D eigenvalue weighted by Crippen LogP contribution is 2.23. The molecule has 0 spiro atoms. The van der Waals surface area contributed by atoms with Crippen molar-refractivity contribution < 1.29 is 4.92 Å². The van der Waals surface area contributed by atoms with Crippen molar-refractivity contribution in [2.45, 2.75) is 13.5 Å². The molecular weight excluding hydrogens is 352 g/mol. The summed E-state index contributed by atoms with van der Waals surface area (Å²) in [7, 11) is 0. The van der Waals surface area contributed by atoms with Crippen LogP contribution in [-0.4, -0.2) is 17.7 Å². The minimum atomic E-state index is -0.432. The molecule has 0 aliphatic heterocycles. The van der Waals surface area contributed by atoms with Crippen LogP contribution in [0.1, 0.15) is 18.1 Å². The van der Waals surface area contributed by atoms with Crippen molar-refractivity contribution in [3.63, 3.8) is 0 Å². The molecule has 0 unspecified atom stereocenters. The molecule has 6 heteroatoms. The molecule has 0 saturated heterocycles. The van der Waals surface area contributed by atoms with Gasteiger partial charge in [0.15, 0.2) is 0 Å². The number of para-hydroxylation sites is 2. The quantitative estimate of drug-likeness (QED) is 0.340. The first-order valence-electron chi connectivity index (χ1n) is 9.09. The lowest BCUT2D eigenvalue weighted by atomic mass is 10.1. The maximum atomic E-state index is 11.0. The summed E-state index contributed by atoms with van der Waals surface area (Å²) in [6.07, 6.45) is 1.65. The van der Waals surface area contributed by atoms with Crippen molar-refractivity contribution in [1.82, 2.24) is 0 Å².